The number of hydrogen-bond donors (Lipinski definition) is 0. The Bertz CT molecular complexity index is 979. The zero-order chi connectivity index (χ0) is 15.1. The fraction of sp³-hybridized carbons (Fsp3) is 0.0952. The van der Waals surface area contributed by atoms with Crippen LogP contribution in [0.15, 0.2) is 66.7 Å². The predicted molar refractivity (Wildman–Crippen MR) is 94.2 cm³/mol. The van der Waals surface area contributed by atoms with E-state index in [4.69, 9.17) is 4.98 Å². The number of benzene rings is 3. The standard InChI is InChI=1S/C21H17N/c1-14-8-7-9-15(2)20(14)21-18-12-4-3-10-16(18)17-11-5-6-13-19(17)22-21/h3-13H,1-2H3. The van der Waals surface area contributed by atoms with E-state index < -0.39 is 0 Å². The van der Waals surface area contributed by atoms with E-state index >= 15 is 0 Å². The first-order valence-corrected chi connectivity index (χ1v) is 7.60. The van der Waals surface area contributed by atoms with Crippen LogP contribution in [0, 0.1) is 13.8 Å². The van der Waals surface area contributed by atoms with E-state index in [1.54, 1.807) is 0 Å². The number of rotatable bonds is 1. The molecular formula is C21H17N. The molecule has 0 saturated carbocycles. The molecule has 4 rings (SSSR count). The summed E-state index contributed by atoms with van der Waals surface area (Å²) in [7, 11) is 0. The zero-order valence-corrected chi connectivity index (χ0v) is 12.8. The molecule has 0 fully saturated rings. The summed E-state index contributed by atoms with van der Waals surface area (Å²) in [5.74, 6) is 0. The number of aromatic nitrogens is 1. The third-order valence-corrected chi connectivity index (χ3v) is 4.33. The molecule has 0 unspecified atom stereocenters. The Morgan fingerprint density at radius 2 is 1.18 bits per heavy atom. The summed E-state index contributed by atoms with van der Waals surface area (Å²) >= 11 is 0. The maximum Gasteiger partial charge on any atom is 0.0793 e. The van der Waals surface area contributed by atoms with Gasteiger partial charge in [0.2, 0.25) is 0 Å². The number of pyridine rings is 1. The average molecular weight is 283 g/mol. The second kappa shape index (κ2) is 4.96. The largest absolute Gasteiger partial charge is 0.247 e. The molecule has 0 aliphatic rings. The van der Waals surface area contributed by atoms with Gasteiger partial charge in [-0.1, -0.05) is 60.7 Å². The van der Waals surface area contributed by atoms with Crippen molar-refractivity contribution in [1.82, 2.24) is 4.98 Å². The molecule has 0 atom stereocenters. The summed E-state index contributed by atoms with van der Waals surface area (Å²) in [5, 5.41) is 3.71. The summed E-state index contributed by atoms with van der Waals surface area (Å²) < 4.78 is 0. The quantitative estimate of drug-likeness (QED) is 0.410. The molecule has 1 heteroatoms. The molecule has 0 saturated heterocycles. The van der Waals surface area contributed by atoms with Gasteiger partial charge in [-0.05, 0) is 36.4 Å². The van der Waals surface area contributed by atoms with E-state index in [2.05, 4.69) is 80.6 Å². The Labute approximate surface area is 130 Å². The molecule has 4 aromatic rings. The normalized spacial score (nSPS) is 11.2. The smallest absolute Gasteiger partial charge is 0.0793 e. The number of hydrogen-bond acceptors (Lipinski definition) is 1. The molecular weight excluding hydrogens is 266 g/mol. The van der Waals surface area contributed by atoms with Crippen molar-refractivity contribution in [2.24, 2.45) is 0 Å². The molecule has 1 heterocycles. The van der Waals surface area contributed by atoms with Gasteiger partial charge in [-0.2, -0.15) is 0 Å². The van der Waals surface area contributed by atoms with E-state index in [-0.39, 0.29) is 0 Å². The molecule has 0 amide bonds. The molecule has 0 aliphatic carbocycles. The van der Waals surface area contributed by atoms with Crippen LogP contribution in [-0.4, -0.2) is 4.98 Å². The fourth-order valence-corrected chi connectivity index (χ4v) is 3.28. The summed E-state index contributed by atoms with van der Waals surface area (Å²) in [6.45, 7) is 4.32. The monoisotopic (exact) mass is 283 g/mol. The highest BCUT2D eigenvalue weighted by Gasteiger charge is 2.13. The Morgan fingerprint density at radius 1 is 0.591 bits per heavy atom. The summed E-state index contributed by atoms with van der Waals surface area (Å²) in [6.07, 6.45) is 0. The van der Waals surface area contributed by atoms with Crippen LogP contribution in [0.3, 0.4) is 0 Å². The van der Waals surface area contributed by atoms with Crippen molar-refractivity contribution >= 4 is 21.7 Å². The molecule has 0 bridgehead atoms. The lowest BCUT2D eigenvalue weighted by Crippen LogP contribution is -1.94. The SMILES string of the molecule is Cc1cccc(C)c1-c1nc2ccccc2c2ccccc12. The number of aryl methyl sites for hydroxylation is 2. The third kappa shape index (κ3) is 1.90. The molecule has 3 aromatic carbocycles. The van der Waals surface area contributed by atoms with Crippen LogP contribution in [-0.2, 0) is 0 Å². The van der Waals surface area contributed by atoms with Gasteiger partial charge in [0.1, 0.15) is 0 Å². The van der Waals surface area contributed by atoms with Crippen molar-refractivity contribution in [3.05, 3.63) is 77.9 Å². The summed E-state index contributed by atoms with van der Waals surface area (Å²) in [5.41, 5.74) is 5.94. The van der Waals surface area contributed by atoms with Gasteiger partial charge < -0.3 is 0 Å². The van der Waals surface area contributed by atoms with Gasteiger partial charge >= 0.3 is 0 Å². The first-order chi connectivity index (χ1) is 10.8. The van der Waals surface area contributed by atoms with Gasteiger partial charge in [-0.3, -0.25) is 0 Å². The topological polar surface area (TPSA) is 12.9 Å². The van der Waals surface area contributed by atoms with Crippen molar-refractivity contribution in [3.8, 4) is 11.3 Å². The highest BCUT2D eigenvalue weighted by molar-refractivity contribution is 6.11. The maximum atomic E-state index is 5.00. The van der Waals surface area contributed by atoms with Crippen molar-refractivity contribution in [2.75, 3.05) is 0 Å². The van der Waals surface area contributed by atoms with Crippen LogP contribution < -0.4 is 0 Å². The van der Waals surface area contributed by atoms with Crippen LogP contribution in [0.2, 0.25) is 0 Å². The van der Waals surface area contributed by atoms with Crippen LogP contribution in [0.25, 0.3) is 32.9 Å². The van der Waals surface area contributed by atoms with Crippen LogP contribution >= 0.6 is 0 Å². The van der Waals surface area contributed by atoms with E-state index in [0.29, 0.717) is 0 Å². The molecule has 22 heavy (non-hydrogen) atoms. The lowest BCUT2D eigenvalue weighted by atomic mass is 9.94. The van der Waals surface area contributed by atoms with Gasteiger partial charge in [-0.25, -0.2) is 4.98 Å². The number of fused-ring (bicyclic) bond motifs is 3. The number of nitrogens with zero attached hydrogens (tertiary/aromatic N) is 1. The molecule has 0 radical (unpaired) electrons. The fourth-order valence-electron chi connectivity index (χ4n) is 3.28. The van der Waals surface area contributed by atoms with E-state index in [9.17, 15) is 0 Å². The summed E-state index contributed by atoms with van der Waals surface area (Å²) in [4.78, 5) is 5.00. The molecule has 0 N–H and O–H groups in total. The molecule has 0 aliphatic heterocycles. The Balaban J connectivity index is 2.21. The highest BCUT2D eigenvalue weighted by Crippen LogP contribution is 2.35. The van der Waals surface area contributed by atoms with Crippen LogP contribution in [0.1, 0.15) is 11.1 Å². The molecule has 1 aromatic heterocycles. The predicted octanol–water partition coefficient (Wildman–Crippen LogP) is 5.67. The van der Waals surface area contributed by atoms with Gasteiger partial charge in [-0.15, -0.1) is 0 Å². The Kier molecular flexibility index (Phi) is 2.93. The van der Waals surface area contributed by atoms with Gasteiger partial charge in [0.05, 0.1) is 11.2 Å². The van der Waals surface area contributed by atoms with Gasteiger partial charge in [0.25, 0.3) is 0 Å². The minimum Gasteiger partial charge on any atom is -0.247 e. The first kappa shape index (κ1) is 13.0. The van der Waals surface area contributed by atoms with Crippen molar-refractivity contribution < 1.29 is 0 Å². The zero-order valence-electron chi connectivity index (χ0n) is 12.8. The van der Waals surface area contributed by atoms with E-state index in [0.717, 1.165) is 11.2 Å². The second-order valence-corrected chi connectivity index (χ2v) is 5.79. The van der Waals surface area contributed by atoms with Crippen molar-refractivity contribution in [2.45, 2.75) is 13.8 Å². The lowest BCUT2D eigenvalue weighted by Gasteiger charge is -2.14. The summed E-state index contributed by atoms with van der Waals surface area (Å²) in [6, 6.07) is 23.4. The van der Waals surface area contributed by atoms with Gasteiger partial charge in [0.15, 0.2) is 0 Å². The minimum absolute atomic E-state index is 1.05. The van der Waals surface area contributed by atoms with Crippen molar-refractivity contribution in [1.29, 1.82) is 0 Å². The van der Waals surface area contributed by atoms with Crippen LogP contribution in [0.5, 0.6) is 0 Å². The third-order valence-electron chi connectivity index (χ3n) is 4.33. The Morgan fingerprint density at radius 3 is 1.91 bits per heavy atom. The minimum atomic E-state index is 1.05. The first-order valence-electron chi connectivity index (χ1n) is 7.60. The van der Waals surface area contributed by atoms with E-state index in [1.165, 1.54) is 32.8 Å². The van der Waals surface area contributed by atoms with Crippen LogP contribution in [0.4, 0.5) is 0 Å². The number of para-hydroxylation sites is 1. The molecule has 1 nitrogen and oxygen atoms in total. The average Bonchev–Trinajstić information content (AvgIpc) is 2.55. The van der Waals surface area contributed by atoms with Gasteiger partial charge in [0, 0.05) is 16.3 Å². The Hall–Kier alpha value is -2.67. The van der Waals surface area contributed by atoms with Crippen molar-refractivity contribution in [3.63, 3.8) is 0 Å². The molecule has 0 spiro atoms. The highest BCUT2D eigenvalue weighted by atomic mass is 14.7. The second-order valence-electron chi connectivity index (χ2n) is 5.79. The maximum absolute atomic E-state index is 5.00. The molecule has 106 valence electrons. The lowest BCUT2D eigenvalue weighted by molar-refractivity contribution is 1.33. The van der Waals surface area contributed by atoms with E-state index in [1.807, 2.05) is 0 Å².